The molecule has 1 heterocycles. The van der Waals surface area contributed by atoms with Crippen LogP contribution in [0.1, 0.15) is 36.0 Å². The van der Waals surface area contributed by atoms with Crippen molar-refractivity contribution in [3.63, 3.8) is 0 Å². The van der Waals surface area contributed by atoms with Gasteiger partial charge in [0.15, 0.2) is 0 Å². The van der Waals surface area contributed by atoms with Gasteiger partial charge in [-0.2, -0.15) is 0 Å². The molecule has 0 radical (unpaired) electrons. The maximum atomic E-state index is 12.3. The third-order valence-corrected chi connectivity index (χ3v) is 4.88. The second-order valence-corrected chi connectivity index (χ2v) is 6.59. The lowest BCUT2D eigenvalue weighted by Crippen LogP contribution is -2.34. The summed E-state index contributed by atoms with van der Waals surface area (Å²) in [6.07, 6.45) is 2.69. The number of aryl methyl sites for hydroxylation is 1. The highest BCUT2D eigenvalue weighted by molar-refractivity contribution is 5.78. The van der Waals surface area contributed by atoms with Crippen LogP contribution in [0.2, 0.25) is 0 Å². The van der Waals surface area contributed by atoms with Crippen molar-refractivity contribution in [2.75, 3.05) is 6.54 Å². The first-order chi connectivity index (χ1) is 11.7. The monoisotopic (exact) mass is 322 g/mol. The summed E-state index contributed by atoms with van der Waals surface area (Å²) in [6.45, 7) is 4.69. The van der Waals surface area contributed by atoms with Crippen LogP contribution in [0.4, 0.5) is 0 Å². The summed E-state index contributed by atoms with van der Waals surface area (Å²) < 4.78 is 0. The van der Waals surface area contributed by atoms with E-state index in [1.165, 1.54) is 16.7 Å². The van der Waals surface area contributed by atoms with Crippen molar-refractivity contribution < 1.29 is 4.79 Å². The Labute approximate surface area is 144 Å². The molecular weight excluding hydrogens is 296 g/mol. The molecule has 1 unspecified atom stereocenters. The van der Waals surface area contributed by atoms with Crippen molar-refractivity contribution in [2.24, 2.45) is 0 Å². The first-order valence-electron chi connectivity index (χ1n) is 8.82. The number of carbonyl (C=O) groups excluding carboxylic acids is 1. The molecule has 3 rings (SSSR count). The Morgan fingerprint density at radius 1 is 1.08 bits per heavy atom. The van der Waals surface area contributed by atoms with Crippen molar-refractivity contribution >= 4 is 5.91 Å². The van der Waals surface area contributed by atoms with E-state index in [0.29, 0.717) is 18.4 Å². The largest absolute Gasteiger partial charge is 0.335 e. The highest BCUT2D eigenvalue weighted by atomic mass is 16.2. The predicted molar refractivity (Wildman–Crippen MR) is 97.5 cm³/mol. The Balaban J connectivity index is 1.51. The van der Waals surface area contributed by atoms with Crippen LogP contribution in [0.3, 0.4) is 0 Å². The average Bonchev–Trinajstić information content (AvgIpc) is 2.95. The van der Waals surface area contributed by atoms with Gasteiger partial charge in [0.25, 0.3) is 0 Å². The van der Waals surface area contributed by atoms with Crippen molar-refractivity contribution in [3.05, 3.63) is 71.3 Å². The number of nitrogens with one attached hydrogen (secondary N) is 1. The molecule has 0 aliphatic carbocycles. The van der Waals surface area contributed by atoms with Crippen molar-refractivity contribution in [1.82, 2.24) is 10.2 Å². The number of benzene rings is 2. The molecular formula is C21H26N2O. The van der Waals surface area contributed by atoms with E-state index in [4.69, 9.17) is 0 Å². The van der Waals surface area contributed by atoms with Crippen LogP contribution in [-0.4, -0.2) is 23.4 Å². The van der Waals surface area contributed by atoms with Crippen molar-refractivity contribution in [2.45, 2.75) is 45.3 Å². The summed E-state index contributed by atoms with van der Waals surface area (Å²) in [4.78, 5) is 14.3. The Morgan fingerprint density at radius 3 is 2.62 bits per heavy atom. The minimum Gasteiger partial charge on any atom is -0.335 e. The molecule has 126 valence electrons. The molecule has 3 nitrogen and oxygen atoms in total. The second kappa shape index (κ2) is 8.11. The molecule has 0 aromatic heterocycles. The summed E-state index contributed by atoms with van der Waals surface area (Å²) >= 11 is 0. The molecule has 0 spiro atoms. The van der Waals surface area contributed by atoms with Crippen LogP contribution in [0.15, 0.2) is 54.6 Å². The SMILES string of the molecule is Cc1ccccc1CN1C(=O)CCC1CCNCc1ccccc1. The predicted octanol–water partition coefficient (Wildman–Crippen LogP) is 3.67. The molecule has 1 fully saturated rings. The van der Waals surface area contributed by atoms with Gasteiger partial charge < -0.3 is 10.2 Å². The lowest BCUT2D eigenvalue weighted by molar-refractivity contribution is -0.129. The third-order valence-electron chi connectivity index (χ3n) is 4.88. The van der Waals surface area contributed by atoms with Gasteiger partial charge >= 0.3 is 0 Å². The molecule has 1 amide bonds. The smallest absolute Gasteiger partial charge is 0.223 e. The summed E-state index contributed by atoms with van der Waals surface area (Å²) in [5.74, 6) is 0.298. The number of hydrogen-bond acceptors (Lipinski definition) is 2. The van der Waals surface area contributed by atoms with Crippen LogP contribution in [0, 0.1) is 6.92 Å². The van der Waals surface area contributed by atoms with E-state index >= 15 is 0 Å². The number of hydrogen-bond donors (Lipinski definition) is 1. The quantitative estimate of drug-likeness (QED) is 0.789. The number of likely N-dealkylation sites (tertiary alicyclic amines) is 1. The Hall–Kier alpha value is -2.13. The highest BCUT2D eigenvalue weighted by Crippen LogP contribution is 2.24. The Bertz CT molecular complexity index is 669. The topological polar surface area (TPSA) is 32.3 Å². The van der Waals surface area contributed by atoms with Crippen LogP contribution in [0.25, 0.3) is 0 Å². The van der Waals surface area contributed by atoms with Gasteiger partial charge in [-0.1, -0.05) is 54.6 Å². The normalized spacial score (nSPS) is 17.5. The minimum absolute atomic E-state index is 0.298. The standard InChI is InChI=1S/C21H26N2O/c1-17-7-5-6-10-19(17)16-23-20(11-12-21(23)24)13-14-22-15-18-8-3-2-4-9-18/h2-10,20,22H,11-16H2,1H3. The third kappa shape index (κ3) is 4.24. The van der Waals surface area contributed by atoms with Crippen LogP contribution < -0.4 is 5.32 Å². The van der Waals surface area contributed by atoms with E-state index in [1.54, 1.807) is 0 Å². The van der Waals surface area contributed by atoms with E-state index in [-0.39, 0.29) is 0 Å². The summed E-state index contributed by atoms with van der Waals surface area (Å²) in [7, 11) is 0. The Morgan fingerprint density at radius 2 is 1.83 bits per heavy atom. The van der Waals surface area contributed by atoms with Gasteiger partial charge in [-0.15, -0.1) is 0 Å². The summed E-state index contributed by atoms with van der Waals surface area (Å²) in [5.41, 5.74) is 3.82. The molecule has 0 saturated carbocycles. The van der Waals surface area contributed by atoms with E-state index in [9.17, 15) is 4.79 Å². The van der Waals surface area contributed by atoms with Gasteiger partial charge in [-0.25, -0.2) is 0 Å². The molecule has 0 bridgehead atoms. The maximum Gasteiger partial charge on any atom is 0.223 e. The minimum atomic E-state index is 0.298. The van der Waals surface area contributed by atoms with Crippen LogP contribution >= 0.6 is 0 Å². The lowest BCUT2D eigenvalue weighted by Gasteiger charge is -2.26. The van der Waals surface area contributed by atoms with Crippen LogP contribution in [0.5, 0.6) is 0 Å². The number of carbonyl (C=O) groups is 1. The Kier molecular flexibility index (Phi) is 5.65. The number of nitrogens with zero attached hydrogens (tertiary/aromatic N) is 1. The average molecular weight is 322 g/mol. The zero-order valence-electron chi connectivity index (χ0n) is 14.4. The molecule has 2 aromatic rings. The van der Waals surface area contributed by atoms with Gasteiger partial charge in [-0.05, 0) is 43.0 Å². The van der Waals surface area contributed by atoms with Gasteiger partial charge in [0.05, 0.1) is 0 Å². The fourth-order valence-corrected chi connectivity index (χ4v) is 3.38. The van der Waals surface area contributed by atoms with E-state index in [1.807, 2.05) is 6.07 Å². The van der Waals surface area contributed by atoms with Crippen LogP contribution in [-0.2, 0) is 17.9 Å². The molecule has 2 aromatic carbocycles. The van der Waals surface area contributed by atoms with Gasteiger partial charge in [0.1, 0.15) is 0 Å². The summed E-state index contributed by atoms with van der Waals surface area (Å²) in [5, 5.41) is 3.50. The highest BCUT2D eigenvalue weighted by Gasteiger charge is 2.30. The number of amides is 1. The molecule has 1 aliphatic heterocycles. The molecule has 1 aliphatic rings. The fourth-order valence-electron chi connectivity index (χ4n) is 3.38. The molecule has 1 atom stereocenters. The molecule has 3 heteroatoms. The maximum absolute atomic E-state index is 12.3. The molecule has 1 N–H and O–H groups in total. The van der Waals surface area contributed by atoms with Gasteiger partial charge in [0.2, 0.25) is 5.91 Å². The van der Waals surface area contributed by atoms with Crippen molar-refractivity contribution in [3.8, 4) is 0 Å². The lowest BCUT2D eigenvalue weighted by atomic mass is 10.1. The zero-order valence-corrected chi connectivity index (χ0v) is 14.4. The van der Waals surface area contributed by atoms with E-state index < -0.39 is 0 Å². The first kappa shape index (κ1) is 16.7. The van der Waals surface area contributed by atoms with E-state index in [2.05, 4.69) is 65.7 Å². The fraction of sp³-hybridized carbons (Fsp3) is 0.381. The van der Waals surface area contributed by atoms with E-state index in [0.717, 1.165) is 32.5 Å². The zero-order chi connectivity index (χ0) is 16.8. The van der Waals surface area contributed by atoms with Gasteiger partial charge in [0, 0.05) is 25.6 Å². The number of rotatable bonds is 7. The molecule has 1 saturated heterocycles. The first-order valence-corrected chi connectivity index (χ1v) is 8.82. The van der Waals surface area contributed by atoms with Gasteiger partial charge in [-0.3, -0.25) is 4.79 Å². The molecule has 24 heavy (non-hydrogen) atoms. The summed E-state index contributed by atoms with van der Waals surface area (Å²) in [6, 6.07) is 19.2. The second-order valence-electron chi connectivity index (χ2n) is 6.59. The van der Waals surface area contributed by atoms with Crippen molar-refractivity contribution in [1.29, 1.82) is 0 Å².